The number of carbonyl (C=O) groups is 2. The number of oxime groups is 1. The van der Waals surface area contributed by atoms with E-state index in [4.69, 9.17) is 9.94 Å². The summed E-state index contributed by atoms with van der Waals surface area (Å²) in [5.41, 5.74) is -0.541. The van der Waals surface area contributed by atoms with Gasteiger partial charge in [-0.2, -0.15) is 0 Å². The average molecular weight is 338 g/mol. The minimum absolute atomic E-state index is 0.0525. The number of benzene rings is 1. The molecule has 3 rings (SSSR count). The summed E-state index contributed by atoms with van der Waals surface area (Å²) in [6, 6.07) is 2.72. The number of nitrogens with zero attached hydrogens (tertiary/aromatic N) is 1. The molecule has 1 amide bonds. The van der Waals surface area contributed by atoms with Crippen molar-refractivity contribution in [2.75, 3.05) is 0 Å². The van der Waals surface area contributed by atoms with E-state index in [-0.39, 0.29) is 29.9 Å². The molecule has 24 heavy (non-hydrogen) atoms. The first-order chi connectivity index (χ1) is 11.3. The zero-order valence-electron chi connectivity index (χ0n) is 12.9. The molecule has 0 bridgehead atoms. The fraction of sp³-hybridized carbons (Fsp3) is 0.438. The lowest BCUT2D eigenvalue weighted by molar-refractivity contribution is -0.138. The first kappa shape index (κ1) is 16.4. The van der Waals surface area contributed by atoms with E-state index in [1.54, 1.807) is 6.92 Å². The topological polar surface area (TPSA) is 88.0 Å². The van der Waals surface area contributed by atoms with Crippen molar-refractivity contribution < 1.29 is 28.3 Å². The van der Waals surface area contributed by atoms with Crippen LogP contribution in [0.5, 0.6) is 0 Å². The molecule has 6 nitrogen and oxygen atoms in total. The number of carboxylic acid groups (broad SMARTS) is 1. The molecule has 2 aliphatic rings. The van der Waals surface area contributed by atoms with Crippen molar-refractivity contribution in [1.82, 2.24) is 5.32 Å². The van der Waals surface area contributed by atoms with Gasteiger partial charge in [-0.05, 0) is 25.5 Å². The molecular formula is C16H16F2N2O4. The van der Waals surface area contributed by atoms with Gasteiger partial charge < -0.3 is 15.3 Å². The van der Waals surface area contributed by atoms with Gasteiger partial charge in [0.15, 0.2) is 0 Å². The van der Waals surface area contributed by atoms with Crippen LogP contribution in [0.25, 0.3) is 0 Å². The number of halogens is 2. The summed E-state index contributed by atoms with van der Waals surface area (Å²) in [4.78, 5) is 28.2. The Labute approximate surface area is 136 Å². The van der Waals surface area contributed by atoms with Crippen LogP contribution in [0.2, 0.25) is 0 Å². The van der Waals surface area contributed by atoms with Crippen LogP contribution in [0.1, 0.15) is 31.7 Å². The Bertz CT molecular complexity index is 717. The second-order valence-electron chi connectivity index (χ2n) is 6.18. The SMILES string of the molecule is C[C@@H](CCC(=O)O)NC(=O)C12CC1C(c1cc(F)cc(F)c1)=NO2. The molecule has 1 aromatic carbocycles. The molecule has 2 unspecified atom stereocenters. The third-order valence-corrected chi connectivity index (χ3v) is 4.26. The normalized spacial score (nSPS) is 25.3. The lowest BCUT2D eigenvalue weighted by Crippen LogP contribution is -2.42. The summed E-state index contributed by atoms with van der Waals surface area (Å²) >= 11 is 0. The molecule has 1 fully saturated rings. The summed E-state index contributed by atoms with van der Waals surface area (Å²) < 4.78 is 26.7. The monoisotopic (exact) mass is 338 g/mol. The van der Waals surface area contributed by atoms with Crippen LogP contribution >= 0.6 is 0 Å². The Hall–Kier alpha value is -2.51. The molecule has 0 saturated heterocycles. The van der Waals surface area contributed by atoms with E-state index >= 15 is 0 Å². The molecule has 0 radical (unpaired) electrons. The number of fused-ring (bicyclic) bond motifs is 1. The average Bonchev–Trinajstić information content (AvgIpc) is 3.10. The van der Waals surface area contributed by atoms with Gasteiger partial charge in [-0.15, -0.1) is 0 Å². The van der Waals surface area contributed by atoms with E-state index in [2.05, 4.69) is 10.5 Å². The number of rotatable bonds is 6. The minimum atomic E-state index is -1.14. The number of aliphatic carboxylic acids is 1. The number of nitrogens with one attached hydrogen (secondary N) is 1. The van der Waals surface area contributed by atoms with Crippen LogP contribution in [-0.4, -0.2) is 34.3 Å². The second-order valence-corrected chi connectivity index (χ2v) is 6.18. The molecule has 3 atom stereocenters. The first-order valence-corrected chi connectivity index (χ1v) is 7.57. The van der Waals surface area contributed by atoms with E-state index in [1.807, 2.05) is 0 Å². The Morgan fingerprint density at radius 2 is 2.08 bits per heavy atom. The van der Waals surface area contributed by atoms with Crippen molar-refractivity contribution in [3.63, 3.8) is 0 Å². The molecule has 2 N–H and O–H groups in total. The van der Waals surface area contributed by atoms with Crippen LogP contribution in [0.15, 0.2) is 23.4 Å². The zero-order valence-corrected chi connectivity index (χ0v) is 12.9. The third-order valence-electron chi connectivity index (χ3n) is 4.26. The number of hydrogen-bond acceptors (Lipinski definition) is 4. The molecule has 8 heteroatoms. The molecule has 1 aliphatic carbocycles. The standard InChI is InChI=1S/C16H16F2N2O4/c1-8(2-3-13(21)22)19-15(23)16-7-12(16)14(20-24-16)9-4-10(17)6-11(18)5-9/h4-6,8,12H,2-3,7H2,1H3,(H,19,23)(H,21,22)/t8-,12?,16?/m0/s1. The molecule has 0 spiro atoms. The fourth-order valence-electron chi connectivity index (χ4n) is 2.86. The Balaban J connectivity index is 1.65. The van der Waals surface area contributed by atoms with Gasteiger partial charge in [-0.3, -0.25) is 9.59 Å². The number of carbonyl (C=O) groups excluding carboxylic acids is 1. The Kier molecular flexibility index (Phi) is 3.98. The number of amides is 1. The van der Waals surface area contributed by atoms with Crippen LogP contribution in [-0.2, 0) is 14.4 Å². The third kappa shape index (κ3) is 2.95. The summed E-state index contributed by atoms with van der Waals surface area (Å²) in [6.07, 6.45) is 0.620. The van der Waals surface area contributed by atoms with E-state index in [0.29, 0.717) is 18.6 Å². The molecule has 128 valence electrons. The summed E-state index contributed by atoms with van der Waals surface area (Å²) in [7, 11) is 0. The maximum atomic E-state index is 13.3. The predicted octanol–water partition coefficient (Wildman–Crippen LogP) is 1.83. The fourth-order valence-corrected chi connectivity index (χ4v) is 2.86. The van der Waals surface area contributed by atoms with Crippen molar-refractivity contribution in [3.05, 3.63) is 35.4 Å². The predicted molar refractivity (Wildman–Crippen MR) is 79.3 cm³/mol. The zero-order chi connectivity index (χ0) is 17.5. The van der Waals surface area contributed by atoms with Crippen LogP contribution < -0.4 is 5.32 Å². The lowest BCUT2D eigenvalue weighted by atomic mass is 10.0. The number of carboxylic acids is 1. The summed E-state index contributed by atoms with van der Waals surface area (Å²) in [5.74, 6) is -3.13. The van der Waals surface area contributed by atoms with Gasteiger partial charge in [-0.25, -0.2) is 8.78 Å². The van der Waals surface area contributed by atoms with Crippen molar-refractivity contribution in [1.29, 1.82) is 0 Å². The maximum Gasteiger partial charge on any atom is 0.303 e. The minimum Gasteiger partial charge on any atom is -0.481 e. The van der Waals surface area contributed by atoms with Gasteiger partial charge in [0.1, 0.15) is 11.6 Å². The molecule has 1 aliphatic heterocycles. The molecule has 0 aromatic heterocycles. The Morgan fingerprint density at radius 1 is 1.42 bits per heavy atom. The highest BCUT2D eigenvalue weighted by atomic mass is 19.1. The quantitative estimate of drug-likeness (QED) is 0.828. The van der Waals surface area contributed by atoms with Crippen molar-refractivity contribution >= 4 is 17.6 Å². The van der Waals surface area contributed by atoms with Gasteiger partial charge in [0.2, 0.25) is 5.60 Å². The van der Waals surface area contributed by atoms with Crippen LogP contribution in [0.4, 0.5) is 8.78 Å². The van der Waals surface area contributed by atoms with E-state index in [1.165, 1.54) is 0 Å². The van der Waals surface area contributed by atoms with Gasteiger partial charge in [-0.1, -0.05) is 5.16 Å². The highest BCUT2D eigenvalue weighted by Crippen LogP contribution is 2.53. The van der Waals surface area contributed by atoms with Crippen molar-refractivity contribution in [2.24, 2.45) is 11.1 Å². The van der Waals surface area contributed by atoms with Gasteiger partial charge in [0, 0.05) is 30.5 Å². The van der Waals surface area contributed by atoms with E-state index in [0.717, 1.165) is 18.2 Å². The summed E-state index contributed by atoms with van der Waals surface area (Å²) in [6.45, 7) is 1.70. The number of hydrogen-bond donors (Lipinski definition) is 2. The molecule has 1 heterocycles. The van der Waals surface area contributed by atoms with Gasteiger partial charge in [0.05, 0.1) is 11.6 Å². The Morgan fingerprint density at radius 3 is 2.67 bits per heavy atom. The summed E-state index contributed by atoms with van der Waals surface area (Å²) in [5, 5.41) is 15.2. The smallest absolute Gasteiger partial charge is 0.303 e. The van der Waals surface area contributed by atoms with E-state index in [9.17, 15) is 18.4 Å². The van der Waals surface area contributed by atoms with Crippen LogP contribution in [0.3, 0.4) is 0 Å². The second kappa shape index (κ2) is 5.85. The highest BCUT2D eigenvalue weighted by molar-refractivity contribution is 6.11. The van der Waals surface area contributed by atoms with Crippen molar-refractivity contribution in [3.8, 4) is 0 Å². The van der Waals surface area contributed by atoms with Gasteiger partial charge >= 0.3 is 5.97 Å². The highest BCUT2D eigenvalue weighted by Gasteiger charge is 2.69. The maximum absolute atomic E-state index is 13.3. The van der Waals surface area contributed by atoms with Crippen LogP contribution in [0, 0.1) is 17.6 Å². The first-order valence-electron chi connectivity index (χ1n) is 7.57. The molecule has 1 saturated carbocycles. The molecular weight excluding hydrogens is 322 g/mol. The van der Waals surface area contributed by atoms with Gasteiger partial charge in [0.25, 0.3) is 5.91 Å². The largest absolute Gasteiger partial charge is 0.481 e. The molecule has 1 aromatic rings. The van der Waals surface area contributed by atoms with E-state index < -0.39 is 23.2 Å². The van der Waals surface area contributed by atoms with Crippen molar-refractivity contribution in [2.45, 2.75) is 37.8 Å². The lowest BCUT2D eigenvalue weighted by Gasteiger charge is -2.16.